The van der Waals surface area contributed by atoms with E-state index in [0.29, 0.717) is 28.8 Å². The van der Waals surface area contributed by atoms with Crippen LogP contribution in [0.1, 0.15) is 17.7 Å². The van der Waals surface area contributed by atoms with Gasteiger partial charge in [-0.25, -0.2) is 19.9 Å². The van der Waals surface area contributed by atoms with Crippen LogP contribution in [0.25, 0.3) is 11.5 Å². The molecule has 0 saturated carbocycles. The second kappa shape index (κ2) is 10.2. The van der Waals surface area contributed by atoms with Crippen molar-refractivity contribution in [3.8, 4) is 23.0 Å². The number of aliphatic hydroxyl groups is 1. The Kier molecular flexibility index (Phi) is 6.89. The first-order chi connectivity index (χ1) is 16.1. The lowest BCUT2D eigenvalue weighted by Crippen LogP contribution is -2.32. The number of aromatic nitrogens is 5. The Labute approximate surface area is 190 Å². The van der Waals surface area contributed by atoms with Gasteiger partial charge < -0.3 is 19.5 Å². The Morgan fingerprint density at radius 3 is 2.76 bits per heavy atom. The molecule has 11 heteroatoms. The van der Waals surface area contributed by atoms with Gasteiger partial charge in [-0.05, 0) is 25.3 Å². The molecule has 3 heterocycles. The molecular weight excluding hydrogens is 426 g/mol. The summed E-state index contributed by atoms with van der Waals surface area (Å²) in [6, 6.07) is 3.45. The van der Waals surface area contributed by atoms with E-state index in [2.05, 4.69) is 20.3 Å². The smallest absolute Gasteiger partial charge is 0.246 e. The molecule has 1 amide bonds. The van der Waals surface area contributed by atoms with Crippen LogP contribution in [0.5, 0.6) is 11.5 Å². The number of hydrogen-bond donors (Lipinski definition) is 2. The van der Waals surface area contributed by atoms with Gasteiger partial charge in [0.25, 0.3) is 0 Å². The molecule has 11 nitrogen and oxygen atoms in total. The first-order valence-corrected chi connectivity index (χ1v) is 10.5. The number of amides is 1. The lowest BCUT2D eigenvalue weighted by Gasteiger charge is -2.21. The van der Waals surface area contributed by atoms with Crippen LogP contribution in [0.2, 0.25) is 0 Å². The number of rotatable bonds is 9. The van der Waals surface area contributed by atoms with E-state index < -0.39 is 0 Å². The zero-order chi connectivity index (χ0) is 23.2. The van der Waals surface area contributed by atoms with Gasteiger partial charge in [-0.15, -0.1) is 0 Å². The number of pyridine rings is 1. The molecule has 172 valence electrons. The molecule has 0 fully saturated rings. The van der Waals surface area contributed by atoms with E-state index in [1.165, 1.54) is 19.5 Å². The predicted octanol–water partition coefficient (Wildman–Crippen LogP) is 1.27. The third-order valence-corrected chi connectivity index (χ3v) is 5.09. The molecule has 0 saturated heterocycles. The minimum Gasteiger partial charge on any atom is -0.494 e. The lowest BCUT2D eigenvalue weighted by molar-refractivity contribution is -0.115. The molecule has 1 aliphatic rings. The summed E-state index contributed by atoms with van der Waals surface area (Å²) in [6.45, 7) is 0.173. The zero-order valence-corrected chi connectivity index (χ0v) is 18.5. The van der Waals surface area contributed by atoms with Crippen molar-refractivity contribution >= 4 is 17.7 Å². The van der Waals surface area contributed by atoms with E-state index in [1.54, 1.807) is 23.2 Å². The van der Waals surface area contributed by atoms with Crippen LogP contribution >= 0.6 is 0 Å². The largest absolute Gasteiger partial charge is 0.494 e. The fourth-order valence-corrected chi connectivity index (χ4v) is 3.57. The summed E-state index contributed by atoms with van der Waals surface area (Å²) in [4.78, 5) is 36.3. The van der Waals surface area contributed by atoms with Gasteiger partial charge in [-0.3, -0.25) is 15.1 Å². The van der Waals surface area contributed by atoms with Crippen molar-refractivity contribution in [1.82, 2.24) is 24.9 Å². The van der Waals surface area contributed by atoms with Gasteiger partial charge >= 0.3 is 0 Å². The number of nitrogens with zero attached hydrogens (tertiary/aromatic N) is 6. The summed E-state index contributed by atoms with van der Waals surface area (Å²) in [5.41, 5.74) is 2.57. The molecule has 0 unspecified atom stereocenters. The lowest BCUT2D eigenvalue weighted by atomic mass is 10.2. The molecular formula is C22H25N7O4. The molecule has 4 rings (SSSR count). The van der Waals surface area contributed by atoms with Gasteiger partial charge in [0, 0.05) is 30.6 Å². The van der Waals surface area contributed by atoms with Crippen LogP contribution in [0.4, 0.5) is 11.8 Å². The topological polar surface area (TPSA) is 135 Å². The van der Waals surface area contributed by atoms with E-state index in [0.717, 1.165) is 30.5 Å². The van der Waals surface area contributed by atoms with Gasteiger partial charge in [0.1, 0.15) is 23.9 Å². The van der Waals surface area contributed by atoms with Crippen molar-refractivity contribution in [2.75, 3.05) is 44.1 Å². The normalized spacial score (nSPS) is 12.2. The van der Waals surface area contributed by atoms with Crippen molar-refractivity contribution < 1.29 is 19.4 Å². The Hall–Kier alpha value is -3.86. The molecule has 2 N–H and O–H groups in total. The number of carbonyl (C=O) groups excluding carboxylic acids is 1. The molecule has 1 aliphatic carbocycles. The highest BCUT2D eigenvalue weighted by Crippen LogP contribution is 2.31. The maximum atomic E-state index is 12.6. The monoisotopic (exact) mass is 451 g/mol. The highest BCUT2D eigenvalue weighted by molar-refractivity contribution is 5.92. The highest BCUT2D eigenvalue weighted by Gasteiger charge is 2.23. The predicted molar refractivity (Wildman–Crippen MR) is 120 cm³/mol. The van der Waals surface area contributed by atoms with Crippen LogP contribution in [-0.4, -0.2) is 69.8 Å². The van der Waals surface area contributed by atoms with Gasteiger partial charge in [0.15, 0.2) is 11.6 Å². The maximum Gasteiger partial charge on any atom is 0.246 e. The van der Waals surface area contributed by atoms with E-state index in [4.69, 9.17) is 24.5 Å². The number of hydrogen-bond acceptors (Lipinski definition) is 10. The molecule has 0 atom stereocenters. The maximum absolute atomic E-state index is 12.6. The Morgan fingerprint density at radius 1 is 1.18 bits per heavy atom. The fraction of sp³-hybridized carbons (Fsp3) is 0.364. The van der Waals surface area contributed by atoms with Crippen molar-refractivity contribution in [3.05, 3.63) is 42.0 Å². The molecule has 3 aromatic heterocycles. The van der Waals surface area contributed by atoms with E-state index >= 15 is 0 Å². The third-order valence-electron chi connectivity index (χ3n) is 5.09. The van der Waals surface area contributed by atoms with Gasteiger partial charge in [0.2, 0.25) is 11.9 Å². The van der Waals surface area contributed by atoms with Crippen molar-refractivity contribution in [1.29, 1.82) is 0 Å². The second-order valence-electron chi connectivity index (χ2n) is 7.45. The number of fused-ring (bicyclic) bond motifs is 1. The number of likely N-dealkylation sites (N-methyl/N-ethyl adjacent to an activating group) is 1. The number of aryl methyl sites for hydroxylation is 1. The molecule has 0 radical (unpaired) electrons. The zero-order valence-electron chi connectivity index (χ0n) is 18.5. The van der Waals surface area contributed by atoms with Crippen LogP contribution in [0.15, 0.2) is 30.7 Å². The standard InChI is InChI=1S/C22H25N7O4/c1-29(13-19(31)27-22-24-11-15(32-2)12-25-22)21-16-4-3-5-17(16)26-20(28-21)18-10-14(6-7-23-18)33-9-8-30/h6-7,10-12,30H,3-5,8-9,13H2,1-2H3,(H,24,25,27,31). The van der Waals surface area contributed by atoms with Gasteiger partial charge in [0.05, 0.1) is 32.7 Å². The van der Waals surface area contributed by atoms with Crippen molar-refractivity contribution in [3.63, 3.8) is 0 Å². The molecule has 0 aliphatic heterocycles. The second-order valence-corrected chi connectivity index (χ2v) is 7.45. The van der Waals surface area contributed by atoms with E-state index in [9.17, 15) is 4.79 Å². The van der Waals surface area contributed by atoms with Crippen LogP contribution < -0.4 is 19.7 Å². The summed E-state index contributed by atoms with van der Waals surface area (Å²) >= 11 is 0. The van der Waals surface area contributed by atoms with Gasteiger partial charge in [-0.2, -0.15) is 0 Å². The number of aliphatic hydroxyl groups excluding tert-OH is 1. The van der Waals surface area contributed by atoms with Gasteiger partial charge in [-0.1, -0.05) is 0 Å². The SMILES string of the molecule is COc1cnc(NC(=O)CN(C)c2nc(-c3cc(OCCO)ccn3)nc3c2CCC3)nc1. The Bertz CT molecular complexity index is 1120. The number of nitrogens with one attached hydrogen (secondary N) is 1. The summed E-state index contributed by atoms with van der Waals surface area (Å²) in [5, 5.41) is 11.7. The quantitative estimate of drug-likeness (QED) is 0.489. The first-order valence-electron chi connectivity index (χ1n) is 10.5. The van der Waals surface area contributed by atoms with Crippen molar-refractivity contribution in [2.24, 2.45) is 0 Å². The molecule has 3 aromatic rings. The first kappa shape index (κ1) is 22.3. The van der Waals surface area contributed by atoms with Crippen LogP contribution in [-0.2, 0) is 17.6 Å². The molecule has 33 heavy (non-hydrogen) atoms. The van der Waals surface area contributed by atoms with E-state index in [-0.39, 0.29) is 31.6 Å². The number of ether oxygens (including phenoxy) is 2. The highest BCUT2D eigenvalue weighted by atomic mass is 16.5. The fourth-order valence-electron chi connectivity index (χ4n) is 3.57. The Morgan fingerprint density at radius 2 is 2.00 bits per heavy atom. The summed E-state index contributed by atoms with van der Waals surface area (Å²) in [6.07, 6.45) is 7.27. The third kappa shape index (κ3) is 5.32. The number of methoxy groups -OCH3 is 1. The molecule has 0 bridgehead atoms. The summed E-state index contributed by atoms with van der Waals surface area (Å²) < 4.78 is 10.5. The average Bonchev–Trinajstić information content (AvgIpc) is 3.31. The van der Waals surface area contributed by atoms with Crippen LogP contribution in [0.3, 0.4) is 0 Å². The molecule has 0 spiro atoms. The Balaban J connectivity index is 1.54. The molecule has 0 aromatic carbocycles. The van der Waals surface area contributed by atoms with E-state index in [1.807, 2.05) is 7.05 Å². The minimum atomic E-state index is -0.271. The summed E-state index contributed by atoms with van der Waals surface area (Å²) in [7, 11) is 3.33. The number of anilines is 2. The van der Waals surface area contributed by atoms with Crippen LogP contribution in [0, 0.1) is 0 Å². The average molecular weight is 451 g/mol. The minimum absolute atomic E-state index is 0.0609. The summed E-state index contributed by atoms with van der Waals surface area (Å²) in [5.74, 6) is 2.17. The van der Waals surface area contributed by atoms with Crippen molar-refractivity contribution in [2.45, 2.75) is 19.3 Å². The number of carbonyl (C=O) groups is 1.